The van der Waals surface area contributed by atoms with Crippen molar-refractivity contribution >= 4 is 9.24 Å². The van der Waals surface area contributed by atoms with Crippen LogP contribution in [0.5, 0.6) is 0 Å². The highest BCUT2D eigenvalue weighted by Gasteiger charge is 2.07. The Labute approximate surface area is 113 Å². The second-order valence-corrected chi connectivity index (χ2v) is 5.03. The van der Waals surface area contributed by atoms with Crippen molar-refractivity contribution in [3.05, 3.63) is 59.7 Å². The van der Waals surface area contributed by atoms with Gasteiger partial charge in [-0.05, 0) is 41.3 Å². The van der Waals surface area contributed by atoms with Crippen LogP contribution in [0.3, 0.4) is 0 Å². The van der Waals surface area contributed by atoms with E-state index in [-0.39, 0.29) is 0 Å². The normalized spacial score (nSPS) is 10.6. The van der Waals surface area contributed by atoms with Crippen molar-refractivity contribution in [2.75, 3.05) is 0 Å². The molecule has 2 rings (SSSR count). The molecule has 2 aromatic rings. The topological polar surface area (TPSA) is 0 Å². The summed E-state index contributed by atoms with van der Waals surface area (Å²) in [6, 6.07) is 17.4. The zero-order chi connectivity index (χ0) is 12.8. The van der Waals surface area contributed by atoms with Gasteiger partial charge in [0.2, 0.25) is 0 Å². The van der Waals surface area contributed by atoms with Crippen LogP contribution in [0.15, 0.2) is 48.5 Å². The molecule has 94 valence electrons. The average Bonchev–Trinajstić information content (AvgIpc) is 2.45. The maximum Gasteiger partial charge on any atom is -0.0120 e. The van der Waals surface area contributed by atoms with Gasteiger partial charge in [0, 0.05) is 0 Å². The van der Waals surface area contributed by atoms with Crippen LogP contribution in [0, 0.1) is 0 Å². The second kappa shape index (κ2) is 6.71. The molecule has 0 nitrogen and oxygen atoms in total. The number of benzene rings is 2. The Bertz CT molecular complexity index is 488. The van der Waals surface area contributed by atoms with Crippen LogP contribution in [0.4, 0.5) is 0 Å². The molecule has 1 heteroatoms. The minimum Gasteiger partial charge on any atom is -0.133 e. The molecule has 0 radical (unpaired) electrons. The summed E-state index contributed by atoms with van der Waals surface area (Å²) in [6.07, 6.45) is 4.76. The molecule has 0 aliphatic rings. The lowest BCUT2D eigenvalue weighted by molar-refractivity contribution is 0.791. The third-order valence-corrected chi connectivity index (χ3v) is 3.77. The summed E-state index contributed by atoms with van der Waals surface area (Å²) >= 11 is 0. The summed E-state index contributed by atoms with van der Waals surface area (Å²) in [5, 5.41) is 0. The first-order valence-electron chi connectivity index (χ1n) is 6.73. The van der Waals surface area contributed by atoms with E-state index in [0.29, 0.717) is 0 Å². The maximum atomic E-state index is 2.88. The van der Waals surface area contributed by atoms with Gasteiger partial charge in [0.05, 0.1) is 0 Å². The van der Waals surface area contributed by atoms with E-state index in [2.05, 4.69) is 64.7 Å². The van der Waals surface area contributed by atoms with Crippen LogP contribution in [0.1, 0.15) is 30.9 Å². The number of hydrogen-bond acceptors (Lipinski definition) is 0. The van der Waals surface area contributed by atoms with Crippen molar-refractivity contribution < 1.29 is 0 Å². The molecule has 0 saturated carbocycles. The van der Waals surface area contributed by atoms with E-state index in [0.717, 1.165) is 6.16 Å². The minimum atomic E-state index is 1.03. The van der Waals surface area contributed by atoms with Crippen LogP contribution in [-0.4, -0.2) is 0 Å². The molecule has 0 aromatic heterocycles. The molecular weight excluding hydrogens is 235 g/mol. The summed E-state index contributed by atoms with van der Waals surface area (Å²) in [5.41, 5.74) is 5.71. The highest BCUT2D eigenvalue weighted by Crippen LogP contribution is 2.29. The van der Waals surface area contributed by atoms with Crippen LogP contribution in [0.25, 0.3) is 11.1 Å². The first-order chi connectivity index (χ1) is 8.86. The van der Waals surface area contributed by atoms with Crippen LogP contribution < -0.4 is 0 Å². The molecule has 2 aromatic carbocycles. The molecule has 0 aliphatic heterocycles. The Morgan fingerprint density at radius 3 is 2.39 bits per heavy atom. The van der Waals surface area contributed by atoms with Gasteiger partial charge in [-0.1, -0.05) is 61.9 Å². The first kappa shape index (κ1) is 13.3. The van der Waals surface area contributed by atoms with E-state index in [9.17, 15) is 0 Å². The average molecular weight is 256 g/mol. The summed E-state index contributed by atoms with van der Waals surface area (Å²) in [4.78, 5) is 0. The number of aryl methyl sites for hydroxylation is 1. The Balaban J connectivity index is 2.41. The Kier molecular flexibility index (Phi) is 4.96. The zero-order valence-corrected chi connectivity index (χ0v) is 12.2. The summed E-state index contributed by atoms with van der Waals surface area (Å²) in [7, 11) is 2.88. The van der Waals surface area contributed by atoms with Crippen molar-refractivity contribution in [1.29, 1.82) is 0 Å². The van der Waals surface area contributed by atoms with Crippen LogP contribution in [0.2, 0.25) is 0 Å². The number of hydrogen-bond donors (Lipinski definition) is 0. The van der Waals surface area contributed by atoms with Gasteiger partial charge in [-0.3, -0.25) is 0 Å². The van der Waals surface area contributed by atoms with Crippen molar-refractivity contribution in [3.8, 4) is 11.1 Å². The van der Waals surface area contributed by atoms with Gasteiger partial charge < -0.3 is 0 Å². The van der Waals surface area contributed by atoms with Gasteiger partial charge in [0.15, 0.2) is 0 Å². The Morgan fingerprint density at radius 1 is 0.944 bits per heavy atom. The van der Waals surface area contributed by atoms with E-state index >= 15 is 0 Å². The molecule has 0 saturated heterocycles. The molecular formula is C17H21P. The number of rotatable bonds is 5. The van der Waals surface area contributed by atoms with Crippen LogP contribution in [-0.2, 0) is 12.6 Å². The summed E-state index contributed by atoms with van der Waals surface area (Å²) in [5.74, 6) is 0. The van der Waals surface area contributed by atoms with Gasteiger partial charge in [-0.15, -0.1) is 9.24 Å². The third-order valence-electron chi connectivity index (χ3n) is 3.36. The Morgan fingerprint density at radius 2 is 1.72 bits per heavy atom. The third kappa shape index (κ3) is 3.00. The molecule has 0 aliphatic carbocycles. The molecule has 0 amide bonds. The molecule has 1 atom stereocenters. The minimum absolute atomic E-state index is 1.03. The van der Waals surface area contributed by atoms with Crippen molar-refractivity contribution in [2.45, 2.75) is 32.3 Å². The van der Waals surface area contributed by atoms with E-state index in [4.69, 9.17) is 0 Å². The van der Waals surface area contributed by atoms with Gasteiger partial charge in [0.25, 0.3) is 0 Å². The lowest BCUT2D eigenvalue weighted by atomic mass is 9.94. The van der Waals surface area contributed by atoms with Gasteiger partial charge in [-0.2, -0.15) is 0 Å². The molecule has 0 spiro atoms. The fourth-order valence-corrected chi connectivity index (χ4v) is 2.85. The zero-order valence-electron chi connectivity index (χ0n) is 11.0. The summed E-state index contributed by atoms with van der Waals surface area (Å²) in [6.45, 7) is 2.25. The van der Waals surface area contributed by atoms with Gasteiger partial charge >= 0.3 is 0 Å². The Hall–Kier alpha value is -1.13. The second-order valence-electron chi connectivity index (χ2n) is 4.62. The number of unbranched alkanes of at least 4 members (excludes halogenated alkanes) is 1. The van der Waals surface area contributed by atoms with E-state index in [1.54, 1.807) is 0 Å². The lowest BCUT2D eigenvalue weighted by Crippen LogP contribution is -1.95. The monoisotopic (exact) mass is 256 g/mol. The molecule has 0 N–H and O–H groups in total. The molecule has 0 bridgehead atoms. The van der Waals surface area contributed by atoms with Crippen LogP contribution >= 0.6 is 9.24 Å². The molecule has 1 unspecified atom stereocenters. The smallest absolute Gasteiger partial charge is 0.0120 e. The molecule has 0 fully saturated rings. The summed E-state index contributed by atoms with van der Waals surface area (Å²) < 4.78 is 0. The SMILES string of the molecule is CCCCc1cccc(-c2ccccc2)c1CP. The van der Waals surface area contributed by atoms with E-state index < -0.39 is 0 Å². The van der Waals surface area contributed by atoms with Crippen molar-refractivity contribution in [2.24, 2.45) is 0 Å². The first-order valence-corrected chi connectivity index (χ1v) is 7.54. The lowest BCUT2D eigenvalue weighted by Gasteiger charge is -2.13. The fraction of sp³-hybridized carbons (Fsp3) is 0.294. The largest absolute Gasteiger partial charge is 0.133 e. The highest BCUT2D eigenvalue weighted by molar-refractivity contribution is 7.15. The molecule has 18 heavy (non-hydrogen) atoms. The van der Waals surface area contributed by atoms with Crippen molar-refractivity contribution in [1.82, 2.24) is 0 Å². The predicted molar refractivity (Wildman–Crippen MR) is 83.9 cm³/mol. The van der Waals surface area contributed by atoms with Gasteiger partial charge in [0.1, 0.15) is 0 Å². The standard InChI is InChI=1S/C17H21P/c1-2-3-8-15-11-7-12-16(17(15)13-18)14-9-5-4-6-10-14/h4-7,9-12H,2-3,8,13,18H2,1H3. The van der Waals surface area contributed by atoms with E-state index in [1.165, 1.54) is 41.5 Å². The van der Waals surface area contributed by atoms with Crippen molar-refractivity contribution in [3.63, 3.8) is 0 Å². The predicted octanol–water partition coefficient (Wildman–Crippen LogP) is 5.07. The van der Waals surface area contributed by atoms with Gasteiger partial charge in [-0.25, -0.2) is 0 Å². The quantitative estimate of drug-likeness (QED) is 0.655. The highest BCUT2D eigenvalue weighted by atomic mass is 31.0. The fourth-order valence-electron chi connectivity index (χ4n) is 2.37. The molecule has 0 heterocycles. The van der Waals surface area contributed by atoms with E-state index in [1.807, 2.05) is 0 Å². The maximum absolute atomic E-state index is 2.88.